The fraction of sp³-hybridized carbons (Fsp3) is 0.750. The van der Waals surface area contributed by atoms with Gasteiger partial charge in [0, 0.05) is 26.3 Å². The van der Waals surface area contributed by atoms with Crippen molar-refractivity contribution >= 4 is 0 Å². The third-order valence-corrected chi connectivity index (χ3v) is 3.49. The van der Waals surface area contributed by atoms with Gasteiger partial charge in [0.1, 0.15) is 0 Å². The van der Waals surface area contributed by atoms with Crippen LogP contribution in [0.1, 0.15) is 25.0 Å². The SMILES string of the molecule is Cn1nccc1CN1CCCC(CCN)C1. The molecular formula is C12H22N4. The predicted molar refractivity (Wildman–Crippen MR) is 64.9 cm³/mol. The highest BCUT2D eigenvalue weighted by Crippen LogP contribution is 2.20. The largest absolute Gasteiger partial charge is 0.330 e. The molecule has 0 saturated carbocycles. The lowest BCUT2D eigenvalue weighted by molar-refractivity contribution is 0.160. The third-order valence-electron chi connectivity index (χ3n) is 3.49. The Balaban J connectivity index is 1.88. The highest BCUT2D eigenvalue weighted by atomic mass is 15.3. The minimum Gasteiger partial charge on any atom is -0.330 e. The number of aromatic nitrogens is 2. The first-order valence-corrected chi connectivity index (χ1v) is 6.19. The van der Waals surface area contributed by atoms with Crippen molar-refractivity contribution in [2.45, 2.75) is 25.8 Å². The molecule has 2 N–H and O–H groups in total. The van der Waals surface area contributed by atoms with Crippen LogP contribution in [0.5, 0.6) is 0 Å². The van der Waals surface area contributed by atoms with Crippen molar-refractivity contribution in [1.29, 1.82) is 0 Å². The number of hydrogen-bond donors (Lipinski definition) is 1. The molecular weight excluding hydrogens is 200 g/mol. The van der Waals surface area contributed by atoms with E-state index in [4.69, 9.17) is 5.73 Å². The van der Waals surface area contributed by atoms with E-state index in [0.717, 1.165) is 19.0 Å². The quantitative estimate of drug-likeness (QED) is 0.826. The molecule has 90 valence electrons. The molecule has 1 unspecified atom stereocenters. The van der Waals surface area contributed by atoms with Crippen LogP contribution in [0.15, 0.2) is 12.3 Å². The van der Waals surface area contributed by atoms with Gasteiger partial charge in [0.15, 0.2) is 0 Å². The highest BCUT2D eigenvalue weighted by Gasteiger charge is 2.19. The molecule has 1 fully saturated rings. The average molecular weight is 222 g/mol. The fourth-order valence-electron chi connectivity index (χ4n) is 2.55. The molecule has 1 aliphatic rings. The molecule has 1 aromatic rings. The predicted octanol–water partition coefficient (Wildman–Crippen LogP) is 0.981. The smallest absolute Gasteiger partial charge is 0.0521 e. The van der Waals surface area contributed by atoms with Gasteiger partial charge in [-0.3, -0.25) is 9.58 Å². The molecule has 0 spiro atoms. The number of nitrogens with two attached hydrogens (primary N) is 1. The second kappa shape index (κ2) is 5.46. The minimum atomic E-state index is 0.798. The van der Waals surface area contributed by atoms with Crippen molar-refractivity contribution in [2.75, 3.05) is 19.6 Å². The number of likely N-dealkylation sites (tertiary alicyclic amines) is 1. The van der Waals surface area contributed by atoms with E-state index in [0.29, 0.717) is 0 Å². The first-order chi connectivity index (χ1) is 7.79. The number of aryl methyl sites for hydroxylation is 1. The summed E-state index contributed by atoms with van der Waals surface area (Å²) in [5, 5.41) is 4.21. The Hall–Kier alpha value is -0.870. The molecule has 0 amide bonds. The van der Waals surface area contributed by atoms with Crippen LogP contribution in [-0.4, -0.2) is 34.3 Å². The zero-order valence-electron chi connectivity index (χ0n) is 10.1. The molecule has 1 aliphatic heterocycles. The second-order valence-electron chi connectivity index (χ2n) is 4.77. The van der Waals surface area contributed by atoms with Crippen LogP contribution < -0.4 is 5.73 Å². The molecule has 0 aromatic carbocycles. The van der Waals surface area contributed by atoms with E-state index in [1.165, 1.54) is 38.0 Å². The zero-order chi connectivity index (χ0) is 11.4. The van der Waals surface area contributed by atoms with Gasteiger partial charge < -0.3 is 5.73 Å². The van der Waals surface area contributed by atoms with Gasteiger partial charge in [0.25, 0.3) is 0 Å². The van der Waals surface area contributed by atoms with Gasteiger partial charge >= 0.3 is 0 Å². The molecule has 0 bridgehead atoms. The maximum atomic E-state index is 5.63. The van der Waals surface area contributed by atoms with Gasteiger partial charge in [0.05, 0.1) is 5.69 Å². The second-order valence-corrected chi connectivity index (χ2v) is 4.77. The lowest BCUT2D eigenvalue weighted by Gasteiger charge is -2.32. The standard InChI is InChI=1S/C12H22N4/c1-15-12(5-7-14-15)10-16-8-2-3-11(9-16)4-6-13/h5,7,11H,2-4,6,8-10,13H2,1H3. The van der Waals surface area contributed by atoms with E-state index in [1.807, 2.05) is 17.9 Å². The molecule has 0 aliphatic carbocycles. The Bertz CT molecular complexity index is 319. The van der Waals surface area contributed by atoms with Crippen molar-refractivity contribution in [3.63, 3.8) is 0 Å². The molecule has 2 heterocycles. The van der Waals surface area contributed by atoms with Gasteiger partial charge in [-0.1, -0.05) is 0 Å². The topological polar surface area (TPSA) is 47.1 Å². The van der Waals surface area contributed by atoms with E-state index in [2.05, 4.69) is 16.1 Å². The Labute approximate surface area is 97.4 Å². The van der Waals surface area contributed by atoms with Crippen LogP contribution in [0.4, 0.5) is 0 Å². The summed E-state index contributed by atoms with van der Waals surface area (Å²) in [6.07, 6.45) is 5.69. The van der Waals surface area contributed by atoms with Crippen LogP contribution in [0, 0.1) is 5.92 Å². The molecule has 1 saturated heterocycles. The highest BCUT2D eigenvalue weighted by molar-refractivity contribution is 5.00. The van der Waals surface area contributed by atoms with E-state index in [9.17, 15) is 0 Å². The summed E-state index contributed by atoms with van der Waals surface area (Å²) in [6.45, 7) is 4.26. The molecule has 4 heteroatoms. The van der Waals surface area contributed by atoms with Crippen molar-refractivity contribution in [3.05, 3.63) is 18.0 Å². The Kier molecular flexibility index (Phi) is 3.96. The monoisotopic (exact) mass is 222 g/mol. The number of nitrogens with zero attached hydrogens (tertiary/aromatic N) is 3. The first-order valence-electron chi connectivity index (χ1n) is 6.19. The van der Waals surface area contributed by atoms with E-state index in [1.54, 1.807) is 0 Å². The van der Waals surface area contributed by atoms with Crippen molar-refractivity contribution < 1.29 is 0 Å². The zero-order valence-corrected chi connectivity index (χ0v) is 10.1. The van der Waals surface area contributed by atoms with Crippen LogP contribution in [0.2, 0.25) is 0 Å². The number of rotatable bonds is 4. The first kappa shape index (κ1) is 11.6. The van der Waals surface area contributed by atoms with Crippen molar-refractivity contribution in [3.8, 4) is 0 Å². The lowest BCUT2D eigenvalue weighted by atomic mass is 9.95. The summed E-state index contributed by atoms with van der Waals surface area (Å²) in [4.78, 5) is 2.53. The Morgan fingerprint density at radius 1 is 1.56 bits per heavy atom. The summed E-state index contributed by atoms with van der Waals surface area (Å²) in [5.41, 5.74) is 6.93. The Morgan fingerprint density at radius 3 is 3.12 bits per heavy atom. The number of hydrogen-bond acceptors (Lipinski definition) is 3. The van der Waals surface area contributed by atoms with Gasteiger partial charge in [-0.15, -0.1) is 0 Å². The maximum Gasteiger partial charge on any atom is 0.0521 e. The van der Waals surface area contributed by atoms with E-state index >= 15 is 0 Å². The maximum absolute atomic E-state index is 5.63. The van der Waals surface area contributed by atoms with Gasteiger partial charge in [-0.05, 0) is 44.3 Å². The summed E-state index contributed by atoms with van der Waals surface area (Å²) in [6, 6.07) is 2.10. The van der Waals surface area contributed by atoms with Crippen LogP contribution >= 0.6 is 0 Å². The average Bonchev–Trinajstić information content (AvgIpc) is 2.66. The van der Waals surface area contributed by atoms with Crippen molar-refractivity contribution in [1.82, 2.24) is 14.7 Å². The summed E-state index contributed by atoms with van der Waals surface area (Å²) in [7, 11) is 2.01. The van der Waals surface area contributed by atoms with Crippen LogP contribution in [-0.2, 0) is 13.6 Å². The number of piperidine rings is 1. The molecule has 16 heavy (non-hydrogen) atoms. The van der Waals surface area contributed by atoms with Crippen molar-refractivity contribution in [2.24, 2.45) is 18.7 Å². The molecule has 1 aromatic heterocycles. The summed E-state index contributed by atoms with van der Waals surface area (Å²) in [5.74, 6) is 0.798. The van der Waals surface area contributed by atoms with E-state index < -0.39 is 0 Å². The lowest BCUT2D eigenvalue weighted by Crippen LogP contribution is -2.36. The van der Waals surface area contributed by atoms with Gasteiger partial charge in [0.2, 0.25) is 0 Å². The van der Waals surface area contributed by atoms with Gasteiger partial charge in [-0.25, -0.2) is 0 Å². The fourth-order valence-corrected chi connectivity index (χ4v) is 2.55. The molecule has 0 radical (unpaired) electrons. The Morgan fingerprint density at radius 2 is 2.44 bits per heavy atom. The normalized spacial score (nSPS) is 22.5. The van der Waals surface area contributed by atoms with Gasteiger partial charge in [-0.2, -0.15) is 5.10 Å². The summed E-state index contributed by atoms with van der Waals surface area (Å²) >= 11 is 0. The van der Waals surface area contributed by atoms with Crippen LogP contribution in [0.3, 0.4) is 0 Å². The van der Waals surface area contributed by atoms with Crippen LogP contribution in [0.25, 0.3) is 0 Å². The van der Waals surface area contributed by atoms with E-state index in [-0.39, 0.29) is 0 Å². The minimum absolute atomic E-state index is 0.798. The summed E-state index contributed by atoms with van der Waals surface area (Å²) < 4.78 is 1.96. The third kappa shape index (κ3) is 2.83. The molecule has 1 atom stereocenters. The molecule has 4 nitrogen and oxygen atoms in total. The molecule has 2 rings (SSSR count).